The number of amides is 1. The molecular formula is C13H17FN2O4S. The van der Waals surface area contributed by atoms with Crippen molar-refractivity contribution in [3.05, 3.63) is 35.1 Å². The van der Waals surface area contributed by atoms with Crippen LogP contribution in [-0.4, -0.2) is 29.7 Å². The molecule has 1 aliphatic rings. The predicted octanol–water partition coefficient (Wildman–Crippen LogP) is 0.477. The SMILES string of the molecule is COC(=O)CN.Cc1ccc(C2CC(=O)NS2=O)c(F)c1. The lowest BCUT2D eigenvalue weighted by atomic mass is 10.1. The standard InChI is InChI=1S/C10H10FNO2S.C3H7NO2/c1-6-2-3-7(8(11)4-6)9-5-10(13)12-15(9)14;1-6-3(5)2-4/h2-4,9H,5H2,1H3,(H,12,13);2,4H2,1H3. The van der Waals surface area contributed by atoms with Gasteiger partial charge in [-0.2, -0.15) is 0 Å². The number of ether oxygens (including phenoxy) is 1. The number of rotatable bonds is 2. The summed E-state index contributed by atoms with van der Waals surface area (Å²) in [6.07, 6.45) is 0.0899. The maximum absolute atomic E-state index is 13.5. The Labute approximate surface area is 124 Å². The molecule has 2 unspecified atom stereocenters. The van der Waals surface area contributed by atoms with Crippen LogP contribution >= 0.6 is 0 Å². The first-order valence-corrected chi connectivity index (χ1v) is 7.33. The molecule has 1 aliphatic heterocycles. The smallest absolute Gasteiger partial charge is 0.319 e. The van der Waals surface area contributed by atoms with E-state index < -0.39 is 22.1 Å². The van der Waals surface area contributed by atoms with E-state index in [0.29, 0.717) is 5.56 Å². The molecule has 1 fully saturated rings. The zero-order chi connectivity index (χ0) is 16.0. The number of benzene rings is 1. The highest BCUT2D eigenvalue weighted by Crippen LogP contribution is 2.29. The Bertz CT molecular complexity index is 559. The lowest BCUT2D eigenvalue weighted by Gasteiger charge is -2.08. The van der Waals surface area contributed by atoms with Gasteiger partial charge in [-0.05, 0) is 18.6 Å². The number of aryl methyl sites for hydroxylation is 1. The summed E-state index contributed by atoms with van der Waals surface area (Å²) < 4.78 is 31.4. The Morgan fingerprint density at radius 1 is 1.57 bits per heavy atom. The zero-order valence-electron chi connectivity index (χ0n) is 11.7. The number of nitrogens with one attached hydrogen (secondary N) is 1. The number of nitrogens with two attached hydrogens (primary N) is 1. The van der Waals surface area contributed by atoms with Crippen molar-refractivity contribution in [2.24, 2.45) is 5.73 Å². The highest BCUT2D eigenvalue weighted by atomic mass is 32.2. The molecule has 8 heteroatoms. The van der Waals surface area contributed by atoms with Crippen LogP contribution in [0.5, 0.6) is 0 Å². The van der Waals surface area contributed by atoms with Crippen LogP contribution in [-0.2, 0) is 25.3 Å². The molecule has 2 atom stereocenters. The fourth-order valence-electron chi connectivity index (χ4n) is 1.67. The Hall–Kier alpha value is -1.80. The van der Waals surface area contributed by atoms with Crippen LogP contribution in [0.4, 0.5) is 4.39 Å². The molecule has 1 aromatic carbocycles. The maximum atomic E-state index is 13.5. The van der Waals surface area contributed by atoms with E-state index in [1.165, 1.54) is 13.2 Å². The van der Waals surface area contributed by atoms with Crippen molar-refractivity contribution in [1.29, 1.82) is 0 Å². The van der Waals surface area contributed by atoms with E-state index in [0.717, 1.165) is 5.56 Å². The van der Waals surface area contributed by atoms with Crippen LogP contribution in [0, 0.1) is 12.7 Å². The Morgan fingerprint density at radius 2 is 2.24 bits per heavy atom. The molecule has 2 rings (SSSR count). The van der Waals surface area contributed by atoms with E-state index >= 15 is 0 Å². The molecule has 1 saturated heterocycles. The van der Waals surface area contributed by atoms with Crippen LogP contribution in [0.3, 0.4) is 0 Å². The summed E-state index contributed by atoms with van der Waals surface area (Å²) in [5.41, 5.74) is 5.96. The highest BCUT2D eigenvalue weighted by Gasteiger charge is 2.32. The summed E-state index contributed by atoms with van der Waals surface area (Å²) in [7, 11) is -0.197. The average molecular weight is 316 g/mol. The van der Waals surface area contributed by atoms with Crippen LogP contribution in [0.2, 0.25) is 0 Å². The number of hydrogen-bond acceptors (Lipinski definition) is 5. The lowest BCUT2D eigenvalue weighted by Crippen LogP contribution is -2.15. The van der Waals surface area contributed by atoms with Gasteiger partial charge in [-0.25, -0.2) is 8.60 Å². The molecule has 3 N–H and O–H groups in total. The third-order valence-corrected chi connectivity index (χ3v) is 4.11. The van der Waals surface area contributed by atoms with Crippen LogP contribution < -0.4 is 10.5 Å². The van der Waals surface area contributed by atoms with Gasteiger partial charge in [0.1, 0.15) is 16.8 Å². The fourth-order valence-corrected chi connectivity index (χ4v) is 2.85. The molecule has 1 aromatic rings. The van der Waals surface area contributed by atoms with Gasteiger partial charge >= 0.3 is 5.97 Å². The first kappa shape index (κ1) is 17.3. The van der Waals surface area contributed by atoms with Gasteiger partial charge in [0, 0.05) is 12.0 Å². The minimum Gasteiger partial charge on any atom is -0.468 e. The van der Waals surface area contributed by atoms with Gasteiger partial charge in [0.15, 0.2) is 0 Å². The summed E-state index contributed by atoms with van der Waals surface area (Å²) in [6, 6.07) is 4.72. The first-order valence-electron chi connectivity index (χ1n) is 6.12. The molecule has 21 heavy (non-hydrogen) atoms. The maximum Gasteiger partial charge on any atom is 0.319 e. The highest BCUT2D eigenvalue weighted by molar-refractivity contribution is 7.84. The molecule has 0 spiro atoms. The second kappa shape index (κ2) is 7.84. The van der Waals surface area contributed by atoms with Gasteiger partial charge in [-0.15, -0.1) is 0 Å². The zero-order valence-corrected chi connectivity index (χ0v) is 12.5. The van der Waals surface area contributed by atoms with Gasteiger partial charge in [0.25, 0.3) is 0 Å². The quantitative estimate of drug-likeness (QED) is 0.773. The predicted molar refractivity (Wildman–Crippen MR) is 75.9 cm³/mol. The second-order valence-electron chi connectivity index (χ2n) is 4.32. The number of halogens is 1. The Kier molecular flexibility index (Phi) is 6.44. The first-order chi connectivity index (χ1) is 9.88. The third kappa shape index (κ3) is 4.91. The van der Waals surface area contributed by atoms with E-state index in [2.05, 4.69) is 9.46 Å². The number of carbonyl (C=O) groups is 2. The largest absolute Gasteiger partial charge is 0.468 e. The van der Waals surface area contributed by atoms with Crippen LogP contribution in [0.25, 0.3) is 0 Å². The second-order valence-corrected chi connectivity index (χ2v) is 5.69. The van der Waals surface area contributed by atoms with E-state index in [1.807, 2.05) is 0 Å². The molecule has 0 bridgehead atoms. The molecular weight excluding hydrogens is 299 g/mol. The van der Waals surface area contributed by atoms with Crippen LogP contribution in [0.1, 0.15) is 22.8 Å². The monoisotopic (exact) mass is 316 g/mol. The van der Waals surface area contributed by atoms with Crippen molar-refractivity contribution in [2.45, 2.75) is 18.6 Å². The minimum absolute atomic E-state index is 0.0312. The number of carbonyl (C=O) groups excluding carboxylic acids is 2. The molecule has 1 heterocycles. The van der Waals surface area contributed by atoms with Gasteiger partial charge in [0.2, 0.25) is 5.91 Å². The van der Waals surface area contributed by atoms with Crippen molar-refractivity contribution in [3.8, 4) is 0 Å². The van der Waals surface area contributed by atoms with E-state index in [9.17, 15) is 18.2 Å². The van der Waals surface area contributed by atoms with Crippen molar-refractivity contribution >= 4 is 22.9 Å². The number of methoxy groups -OCH3 is 1. The normalized spacial score (nSPS) is 20.3. The minimum atomic E-state index is -1.50. The van der Waals surface area contributed by atoms with Crippen molar-refractivity contribution < 1.29 is 22.9 Å². The summed E-state index contributed by atoms with van der Waals surface area (Å²) >= 11 is 0. The molecule has 0 radical (unpaired) electrons. The number of esters is 1. The van der Waals surface area contributed by atoms with Crippen molar-refractivity contribution in [1.82, 2.24) is 4.72 Å². The van der Waals surface area contributed by atoms with Gasteiger partial charge in [-0.1, -0.05) is 12.1 Å². The molecule has 0 saturated carbocycles. The summed E-state index contributed by atoms with van der Waals surface area (Å²) in [5.74, 6) is -1.07. The van der Waals surface area contributed by atoms with Gasteiger partial charge < -0.3 is 10.5 Å². The molecule has 0 aliphatic carbocycles. The summed E-state index contributed by atoms with van der Waals surface area (Å²) in [4.78, 5) is 20.8. The molecule has 0 aromatic heterocycles. The average Bonchev–Trinajstić information content (AvgIpc) is 2.77. The fraction of sp³-hybridized carbons (Fsp3) is 0.385. The molecule has 116 valence electrons. The molecule has 6 nitrogen and oxygen atoms in total. The van der Waals surface area contributed by atoms with Gasteiger partial charge in [0.05, 0.1) is 18.9 Å². The lowest BCUT2D eigenvalue weighted by molar-refractivity contribution is -0.138. The summed E-state index contributed by atoms with van der Waals surface area (Å²) in [5, 5.41) is -0.557. The Morgan fingerprint density at radius 3 is 2.62 bits per heavy atom. The van der Waals surface area contributed by atoms with Crippen molar-refractivity contribution in [3.63, 3.8) is 0 Å². The van der Waals surface area contributed by atoms with E-state index in [1.54, 1.807) is 19.1 Å². The van der Waals surface area contributed by atoms with Crippen LogP contribution in [0.15, 0.2) is 18.2 Å². The van der Waals surface area contributed by atoms with Crippen molar-refractivity contribution in [2.75, 3.05) is 13.7 Å². The van der Waals surface area contributed by atoms with E-state index in [4.69, 9.17) is 5.73 Å². The summed E-state index contributed by atoms with van der Waals surface area (Å²) in [6.45, 7) is 1.75. The third-order valence-electron chi connectivity index (χ3n) is 2.74. The van der Waals surface area contributed by atoms with Gasteiger partial charge in [-0.3, -0.25) is 14.3 Å². The van der Waals surface area contributed by atoms with E-state index in [-0.39, 0.29) is 24.8 Å². The number of hydrogen-bond donors (Lipinski definition) is 2. The topological polar surface area (TPSA) is 98.5 Å². The Balaban J connectivity index is 0.000000315. The molecule has 1 amide bonds.